The molecule has 2 fully saturated rings. The van der Waals surface area contributed by atoms with E-state index in [-0.39, 0.29) is 0 Å². The fourth-order valence-corrected chi connectivity index (χ4v) is 2.61. The second kappa shape index (κ2) is 6.10. The highest BCUT2D eigenvalue weighted by Crippen LogP contribution is 2.25. The van der Waals surface area contributed by atoms with Crippen molar-refractivity contribution in [3.05, 3.63) is 22.9 Å². The molecule has 1 atom stereocenters. The van der Waals surface area contributed by atoms with Crippen LogP contribution in [0.4, 0.5) is 0 Å². The Labute approximate surface area is 120 Å². The minimum absolute atomic E-state index is 0.516. The van der Waals surface area contributed by atoms with Crippen LogP contribution in [0, 0.1) is 19.8 Å². The molecule has 3 rings (SSSR count). The van der Waals surface area contributed by atoms with Crippen molar-refractivity contribution < 1.29 is 9.47 Å². The molecule has 1 aromatic heterocycles. The van der Waals surface area contributed by atoms with Crippen LogP contribution in [-0.2, 0) is 11.3 Å². The van der Waals surface area contributed by atoms with Crippen LogP contribution in [0.3, 0.4) is 0 Å². The summed E-state index contributed by atoms with van der Waals surface area (Å²) >= 11 is 0. The topological polar surface area (TPSA) is 43.4 Å². The first-order chi connectivity index (χ1) is 9.72. The van der Waals surface area contributed by atoms with Crippen LogP contribution in [0.1, 0.15) is 36.1 Å². The maximum atomic E-state index is 6.00. The van der Waals surface area contributed by atoms with Gasteiger partial charge < -0.3 is 14.8 Å². The molecule has 4 nitrogen and oxygen atoms in total. The largest absolute Gasteiger partial charge is 0.477 e. The Morgan fingerprint density at radius 3 is 2.90 bits per heavy atom. The lowest BCUT2D eigenvalue weighted by Crippen LogP contribution is -2.19. The van der Waals surface area contributed by atoms with Crippen LogP contribution >= 0.6 is 0 Å². The lowest BCUT2D eigenvalue weighted by Gasteiger charge is -2.16. The summed E-state index contributed by atoms with van der Waals surface area (Å²) in [5.41, 5.74) is 3.50. The molecule has 1 N–H and O–H groups in total. The molecule has 1 saturated carbocycles. The monoisotopic (exact) mass is 276 g/mol. The van der Waals surface area contributed by atoms with Crippen molar-refractivity contribution in [3.63, 3.8) is 0 Å². The third kappa shape index (κ3) is 3.49. The van der Waals surface area contributed by atoms with E-state index in [1.54, 1.807) is 0 Å². The minimum atomic E-state index is 0.516. The van der Waals surface area contributed by atoms with Crippen LogP contribution in [0.15, 0.2) is 6.07 Å². The van der Waals surface area contributed by atoms with E-state index in [2.05, 4.69) is 23.3 Å². The molecule has 0 aromatic carbocycles. The van der Waals surface area contributed by atoms with Gasteiger partial charge in [0, 0.05) is 36.4 Å². The zero-order chi connectivity index (χ0) is 13.9. The number of ether oxygens (including phenoxy) is 2. The predicted molar refractivity (Wildman–Crippen MR) is 78.0 cm³/mol. The van der Waals surface area contributed by atoms with Gasteiger partial charge in [0.05, 0.1) is 13.2 Å². The number of nitrogens with one attached hydrogen (secondary N) is 1. The summed E-state index contributed by atoms with van der Waals surface area (Å²) in [5.74, 6) is 1.32. The zero-order valence-electron chi connectivity index (χ0n) is 12.4. The summed E-state index contributed by atoms with van der Waals surface area (Å²) in [7, 11) is 0. The number of pyridine rings is 1. The molecule has 0 amide bonds. The highest BCUT2D eigenvalue weighted by atomic mass is 16.5. The summed E-state index contributed by atoms with van der Waals surface area (Å²) in [6.45, 7) is 7.43. The van der Waals surface area contributed by atoms with Gasteiger partial charge in [-0.3, -0.25) is 0 Å². The van der Waals surface area contributed by atoms with Crippen LogP contribution in [-0.4, -0.2) is 30.8 Å². The molecule has 110 valence electrons. The van der Waals surface area contributed by atoms with Gasteiger partial charge in [-0.2, -0.15) is 0 Å². The van der Waals surface area contributed by atoms with Crippen molar-refractivity contribution in [2.24, 2.45) is 5.92 Å². The van der Waals surface area contributed by atoms with Crippen molar-refractivity contribution in [3.8, 4) is 5.88 Å². The van der Waals surface area contributed by atoms with E-state index < -0.39 is 0 Å². The van der Waals surface area contributed by atoms with E-state index in [1.165, 1.54) is 24.0 Å². The van der Waals surface area contributed by atoms with Gasteiger partial charge in [-0.1, -0.05) is 0 Å². The Hall–Kier alpha value is -1.13. The third-order valence-electron chi connectivity index (χ3n) is 4.06. The number of hydrogen-bond acceptors (Lipinski definition) is 4. The highest BCUT2D eigenvalue weighted by Gasteiger charge is 2.22. The molecule has 1 saturated heterocycles. The van der Waals surface area contributed by atoms with Gasteiger partial charge in [-0.25, -0.2) is 4.98 Å². The Kier molecular flexibility index (Phi) is 4.22. The molecule has 1 aromatic rings. The van der Waals surface area contributed by atoms with Crippen molar-refractivity contribution >= 4 is 0 Å². The van der Waals surface area contributed by atoms with Gasteiger partial charge in [0.15, 0.2) is 0 Å². The number of rotatable bonds is 6. The Bertz CT molecular complexity index is 466. The zero-order valence-corrected chi connectivity index (χ0v) is 12.4. The summed E-state index contributed by atoms with van der Waals surface area (Å²) < 4.78 is 11.4. The number of aromatic nitrogens is 1. The Balaban J connectivity index is 1.68. The quantitative estimate of drug-likeness (QED) is 0.866. The highest BCUT2D eigenvalue weighted by molar-refractivity contribution is 5.36. The predicted octanol–water partition coefficient (Wildman–Crippen LogP) is 2.37. The van der Waals surface area contributed by atoms with Gasteiger partial charge in [0.25, 0.3) is 0 Å². The van der Waals surface area contributed by atoms with Gasteiger partial charge >= 0.3 is 0 Å². The average Bonchev–Trinajstić information content (AvgIpc) is 3.09. The second-order valence-corrected chi connectivity index (χ2v) is 6.06. The lowest BCUT2D eigenvalue weighted by molar-refractivity contribution is 0.165. The molecule has 2 heterocycles. The molecule has 1 unspecified atom stereocenters. The molecule has 4 heteroatoms. The van der Waals surface area contributed by atoms with Crippen LogP contribution < -0.4 is 10.1 Å². The number of aryl methyl sites for hydroxylation is 2. The van der Waals surface area contributed by atoms with Crippen LogP contribution in [0.25, 0.3) is 0 Å². The first kappa shape index (κ1) is 13.8. The molecule has 1 aliphatic heterocycles. The normalized spacial score (nSPS) is 22.2. The number of hydrogen-bond donors (Lipinski definition) is 1. The van der Waals surface area contributed by atoms with Crippen molar-refractivity contribution in [1.29, 1.82) is 0 Å². The van der Waals surface area contributed by atoms with Gasteiger partial charge in [-0.05, 0) is 44.7 Å². The Morgan fingerprint density at radius 2 is 2.20 bits per heavy atom. The molecule has 0 spiro atoms. The molecule has 0 bridgehead atoms. The number of nitrogens with zero attached hydrogens (tertiary/aromatic N) is 1. The third-order valence-corrected chi connectivity index (χ3v) is 4.06. The van der Waals surface area contributed by atoms with Crippen molar-refractivity contribution in [2.75, 3.05) is 19.8 Å². The molecular weight excluding hydrogens is 252 g/mol. The SMILES string of the molecule is Cc1cc(C)c(CNC2CC2)c(OCC2CCOC2)n1. The molecular formula is C16H24N2O2. The second-order valence-electron chi connectivity index (χ2n) is 6.06. The van der Waals surface area contributed by atoms with E-state index in [4.69, 9.17) is 9.47 Å². The Morgan fingerprint density at radius 1 is 1.35 bits per heavy atom. The summed E-state index contributed by atoms with van der Waals surface area (Å²) in [4.78, 5) is 4.59. The maximum Gasteiger partial charge on any atom is 0.218 e. The van der Waals surface area contributed by atoms with Crippen LogP contribution in [0.2, 0.25) is 0 Å². The summed E-state index contributed by atoms with van der Waals surface area (Å²) in [6.07, 6.45) is 3.70. The summed E-state index contributed by atoms with van der Waals surface area (Å²) in [6, 6.07) is 2.84. The minimum Gasteiger partial charge on any atom is -0.477 e. The first-order valence-electron chi connectivity index (χ1n) is 7.63. The smallest absolute Gasteiger partial charge is 0.218 e. The fraction of sp³-hybridized carbons (Fsp3) is 0.688. The molecule has 0 radical (unpaired) electrons. The van der Waals surface area contributed by atoms with E-state index in [0.717, 1.165) is 37.8 Å². The first-order valence-corrected chi connectivity index (χ1v) is 7.63. The van der Waals surface area contributed by atoms with Gasteiger partial charge in [-0.15, -0.1) is 0 Å². The molecule has 2 aliphatic rings. The van der Waals surface area contributed by atoms with Crippen molar-refractivity contribution in [1.82, 2.24) is 10.3 Å². The van der Waals surface area contributed by atoms with E-state index in [0.29, 0.717) is 18.6 Å². The molecule has 20 heavy (non-hydrogen) atoms. The fourth-order valence-electron chi connectivity index (χ4n) is 2.61. The van der Waals surface area contributed by atoms with Crippen LogP contribution in [0.5, 0.6) is 5.88 Å². The average molecular weight is 276 g/mol. The van der Waals surface area contributed by atoms with Gasteiger partial charge in [0.2, 0.25) is 5.88 Å². The molecule has 1 aliphatic carbocycles. The van der Waals surface area contributed by atoms with E-state index in [9.17, 15) is 0 Å². The van der Waals surface area contributed by atoms with E-state index >= 15 is 0 Å². The summed E-state index contributed by atoms with van der Waals surface area (Å²) in [5, 5.41) is 3.56. The van der Waals surface area contributed by atoms with E-state index in [1.807, 2.05) is 6.92 Å². The van der Waals surface area contributed by atoms with Crippen molar-refractivity contribution in [2.45, 2.75) is 45.7 Å². The maximum absolute atomic E-state index is 6.00. The standard InChI is InChI=1S/C16H24N2O2/c1-11-7-12(2)18-16(15(11)8-17-14-3-4-14)20-10-13-5-6-19-9-13/h7,13-14,17H,3-6,8-10H2,1-2H3. The van der Waals surface area contributed by atoms with Gasteiger partial charge in [0.1, 0.15) is 0 Å². The lowest BCUT2D eigenvalue weighted by atomic mass is 10.1.